The van der Waals surface area contributed by atoms with Crippen LogP contribution in [-0.4, -0.2) is 69.2 Å². The second kappa shape index (κ2) is 10.5. The molecule has 4 nitrogen and oxygen atoms in total. The van der Waals surface area contributed by atoms with Gasteiger partial charge in [-0.05, 0) is 33.1 Å². The first-order chi connectivity index (χ1) is 14.7. The first-order valence-electron chi connectivity index (χ1n) is 11.0. The van der Waals surface area contributed by atoms with Gasteiger partial charge in [-0.1, -0.05) is 74.7 Å². The molecule has 0 aliphatic rings. The molecular formula is C26H36Al2O4. The van der Waals surface area contributed by atoms with Crippen LogP contribution in [0.3, 0.4) is 0 Å². The molecule has 2 rings (SSSR count). The summed E-state index contributed by atoms with van der Waals surface area (Å²) in [5.41, 5.74) is 3.90. The standard InChI is InChI=1S/C26H36O4.2Al/c1-25(2,3)19-9-11-21(27)17(13-19)15-23(29-7)24(30-8)16-18-14-20(26(4,5)6)10-12-22(18)28;;/h9-10,13-14,23-24,27-28H,15-16H2,1-8H3;;/t23-,24-;;/m1../s1. The van der Waals surface area contributed by atoms with Crippen LogP contribution in [0.1, 0.15) is 63.8 Å². The Morgan fingerprint density at radius 1 is 0.688 bits per heavy atom. The van der Waals surface area contributed by atoms with Crippen LogP contribution < -0.4 is 8.85 Å². The van der Waals surface area contributed by atoms with E-state index in [4.69, 9.17) is 9.47 Å². The number of ether oxygens (including phenoxy) is 2. The molecule has 0 amide bonds. The molecule has 2 N–H and O–H groups in total. The highest BCUT2D eigenvalue weighted by Gasteiger charge is 2.27. The number of rotatable bonds is 7. The highest BCUT2D eigenvalue weighted by molar-refractivity contribution is 6.34. The third kappa shape index (κ3) is 6.54. The number of benzene rings is 2. The van der Waals surface area contributed by atoms with Gasteiger partial charge >= 0.3 is 0 Å². The van der Waals surface area contributed by atoms with Crippen molar-refractivity contribution in [3.63, 3.8) is 0 Å². The average molecular weight is 467 g/mol. The van der Waals surface area contributed by atoms with Crippen molar-refractivity contribution in [3.8, 4) is 11.5 Å². The molecule has 0 saturated carbocycles. The zero-order chi connectivity index (χ0) is 24.4. The summed E-state index contributed by atoms with van der Waals surface area (Å²) in [4.78, 5) is 0. The van der Waals surface area contributed by atoms with E-state index < -0.39 is 0 Å². The van der Waals surface area contributed by atoms with Crippen LogP contribution in [0.4, 0.5) is 0 Å². The normalized spacial score (nSPS) is 14.4. The number of hydrogen-bond acceptors (Lipinski definition) is 4. The lowest BCUT2D eigenvalue weighted by Gasteiger charge is -2.28. The Morgan fingerprint density at radius 3 is 1.25 bits per heavy atom. The van der Waals surface area contributed by atoms with Crippen LogP contribution in [0.15, 0.2) is 24.3 Å². The predicted octanol–water partition coefficient (Wildman–Crippen LogP) is 3.10. The van der Waals surface area contributed by atoms with Crippen molar-refractivity contribution in [1.29, 1.82) is 0 Å². The van der Waals surface area contributed by atoms with Crippen LogP contribution in [-0.2, 0) is 33.1 Å². The Kier molecular flexibility index (Phi) is 8.97. The van der Waals surface area contributed by atoms with E-state index in [-0.39, 0.29) is 34.5 Å². The van der Waals surface area contributed by atoms with E-state index in [1.807, 2.05) is 12.1 Å². The smallest absolute Gasteiger partial charge is 0.181 e. The van der Waals surface area contributed by atoms with E-state index in [9.17, 15) is 10.2 Å². The molecule has 2 aromatic carbocycles. The van der Waals surface area contributed by atoms with E-state index in [1.165, 1.54) is 0 Å². The number of methoxy groups -OCH3 is 2. The number of aromatic hydroxyl groups is 2. The highest BCUT2D eigenvalue weighted by Crippen LogP contribution is 2.30. The molecule has 0 aliphatic heterocycles. The minimum absolute atomic E-state index is 0.0363. The molecule has 0 aromatic heterocycles. The van der Waals surface area contributed by atoms with Gasteiger partial charge in [0, 0.05) is 27.1 Å². The quantitative estimate of drug-likeness (QED) is 0.616. The van der Waals surface area contributed by atoms with E-state index in [1.54, 1.807) is 14.2 Å². The van der Waals surface area contributed by atoms with Crippen LogP contribution in [0, 0.1) is 0 Å². The molecule has 32 heavy (non-hydrogen) atoms. The lowest BCUT2D eigenvalue weighted by molar-refractivity contribution is -0.0350. The Bertz CT molecular complexity index is 865. The summed E-state index contributed by atoms with van der Waals surface area (Å²) in [6, 6.07) is 8.13. The van der Waals surface area contributed by atoms with Crippen molar-refractivity contribution in [1.82, 2.24) is 0 Å². The van der Waals surface area contributed by atoms with Crippen molar-refractivity contribution in [2.24, 2.45) is 0 Å². The van der Waals surface area contributed by atoms with E-state index in [0.29, 0.717) is 12.8 Å². The minimum Gasteiger partial charge on any atom is -0.509 e. The van der Waals surface area contributed by atoms with Gasteiger partial charge in [-0.15, -0.1) is 0 Å². The average Bonchev–Trinajstić information content (AvgIpc) is 2.68. The second-order valence-electron chi connectivity index (χ2n) is 10.6. The Labute approximate surface area is 210 Å². The van der Waals surface area contributed by atoms with Crippen molar-refractivity contribution < 1.29 is 19.7 Å². The number of phenols is 2. The summed E-state index contributed by atoms with van der Waals surface area (Å²) in [6.45, 7) is 12.9. The van der Waals surface area contributed by atoms with Gasteiger partial charge in [0.15, 0.2) is 32.6 Å². The molecule has 0 saturated heterocycles. The summed E-state index contributed by atoms with van der Waals surface area (Å²) < 4.78 is 13.2. The lowest BCUT2D eigenvalue weighted by atomic mass is 9.84. The van der Waals surface area contributed by atoms with Crippen LogP contribution in [0.5, 0.6) is 11.5 Å². The molecular weight excluding hydrogens is 430 g/mol. The molecule has 0 bridgehead atoms. The minimum atomic E-state index is -0.295. The van der Waals surface area contributed by atoms with Gasteiger partial charge in [0.1, 0.15) is 11.5 Å². The second-order valence-corrected chi connectivity index (χ2v) is 11.8. The van der Waals surface area contributed by atoms with E-state index in [2.05, 4.69) is 86.3 Å². The Hall–Kier alpha value is -0.975. The zero-order valence-corrected chi connectivity index (χ0v) is 23.1. The Morgan fingerprint density at radius 2 is 1.00 bits per heavy atom. The third-order valence-electron chi connectivity index (χ3n) is 6.03. The first-order valence-corrected chi connectivity index (χ1v) is 12.1. The molecule has 4 radical (unpaired) electrons. The molecule has 0 heterocycles. The van der Waals surface area contributed by atoms with Crippen LogP contribution in [0.2, 0.25) is 0 Å². The summed E-state index contributed by atoms with van der Waals surface area (Å²) >= 11 is 5.25. The predicted molar refractivity (Wildman–Crippen MR) is 133 cm³/mol. The molecule has 0 fully saturated rings. The van der Waals surface area contributed by atoms with Crippen molar-refractivity contribution in [2.75, 3.05) is 14.2 Å². The van der Waals surface area contributed by atoms with Gasteiger partial charge in [-0.3, -0.25) is 0 Å². The fourth-order valence-electron chi connectivity index (χ4n) is 3.78. The molecule has 0 unspecified atom stereocenters. The topological polar surface area (TPSA) is 58.9 Å². The highest BCUT2D eigenvalue weighted by atomic mass is 27.1. The number of phenolic OH excluding ortho intramolecular Hbond substituents is 2. The van der Waals surface area contributed by atoms with Gasteiger partial charge in [0.25, 0.3) is 0 Å². The van der Waals surface area contributed by atoms with Gasteiger partial charge in [-0.25, -0.2) is 0 Å². The first kappa shape index (κ1) is 27.3. The zero-order valence-electron chi connectivity index (χ0n) is 20.7. The van der Waals surface area contributed by atoms with E-state index in [0.717, 1.165) is 31.1 Å². The lowest BCUT2D eigenvalue weighted by Crippen LogP contribution is -2.34. The molecule has 0 spiro atoms. The maximum absolute atomic E-state index is 10.7. The van der Waals surface area contributed by atoms with Crippen LogP contribution >= 0.6 is 0 Å². The van der Waals surface area contributed by atoms with Crippen LogP contribution in [0.25, 0.3) is 0 Å². The van der Waals surface area contributed by atoms with Crippen molar-refractivity contribution >= 4 is 41.4 Å². The summed E-state index contributed by atoms with van der Waals surface area (Å²) in [5, 5.41) is 21.4. The molecule has 6 heteroatoms. The molecule has 170 valence electrons. The maximum atomic E-state index is 10.7. The Balaban J connectivity index is 2.39. The van der Waals surface area contributed by atoms with Crippen molar-refractivity contribution in [3.05, 3.63) is 46.5 Å². The molecule has 2 aromatic rings. The van der Waals surface area contributed by atoms with Gasteiger partial charge in [0.05, 0.1) is 12.2 Å². The fraction of sp³-hybridized carbons (Fsp3) is 0.538. The summed E-state index contributed by atoms with van der Waals surface area (Å²) in [7, 11) is 3.32. The third-order valence-corrected chi connectivity index (χ3v) is 6.91. The summed E-state index contributed by atoms with van der Waals surface area (Å²) in [5.74, 6) is 0.537. The van der Waals surface area contributed by atoms with Gasteiger partial charge in [0.2, 0.25) is 0 Å². The van der Waals surface area contributed by atoms with Crippen molar-refractivity contribution in [2.45, 2.75) is 77.4 Å². The monoisotopic (exact) mass is 466 g/mol. The molecule has 2 atom stereocenters. The SMILES string of the molecule is CO[C@H](Cc1cc(C(C)(C)C)c[c]([Al])c1O)[C@@H](Cc1cc(C(C)(C)C)c[c]([Al])c1O)OC. The maximum Gasteiger partial charge on any atom is 0.181 e. The largest absolute Gasteiger partial charge is 0.509 e. The summed E-state index contributed by atoms with van der Waals surface area (Å²) in [6.07, 6.45) is 0.409. The molecule has 0 aliphatic carbocycles. The van der Waals surface area contributed by atoms with Gasteiger partial charge in [-0.2, -0.15) is 0 Å². The fourth-order valence-corrected chi connectivity index (χ4v) is 4.51. The number of hydrogen-bond donors (Lipinski definition) is 2. The van der Waals surface area contributed by atoms with E-state index >= 15 is 0 Å². The van der Waals surface area contributed by atoms with Gasteiger partial charge < -0.3 is 19.7 Å².